The summed E-state index contributed by atoms with van der Waals surface area (Å²) in [6, 6.07) is 8.91. The van der Waals surface area contributed by atoms with E-state index in [1.165, 1.54) is 0 Å². The van der Waals surface area contributed by atoms with E-state index in [1.54, 1.807) is 34.0 Å². The molecule has 2 amide bonds. The van der Waals surface area contributed by atoms with Crippen LogP contribution in [0.2, 0.25) is 5.02 Å². The molecule has 0 bridgehead atoms. The Bertz CT molecular complexity index is 753. The fraction of sp³-hybridized carbons (Fsp3) is 0.353. The minimum absolute atomic E-state index is 0.0568. The molecule has 2 aromatic rings. The van der Waals surface area contributed by atoms with Crippen molar-refractivity contribution in [1.82, 2.24) is 14.7 Å². The Morgan fingerprint density at radius 1 is 1.29 bits per heavy atom. The number of aromatic nitrogens is 2. The minimum Gasteiger partial charge on any atom is -0.368 e. The highest BCUT2D eigenvalue weighted by molar-refractivity contribution is 6.30. The first-order valence-electron chi connectivity index (χ1n) is 7.95. The van der Waals surface area contributed by atoms with Crippen molar-refractivity contribution >= 4 is 23.4 Å². The van der Waals surface area contributed by atoms with Gasteiger partial charge in [0.25, 0.3) is 5.91 Å². The lowest BCUT2D eigenvalue weighted by Crippen LogP contribution is -2.44. The van der Waals surface area contributed by atoms with E-state index >= 15 is 0 Å². The number of nitrogens with zero attached hydrogens (tertiary/aromatic N) is 3. The molecule has 1 aliphatic rings. The molecule has 0 saturated heterocycles. The highest BCUT2D eigenvalue weighted by Gasteiger charge is 2.29. The van der Waals surface area contributed by atoms with Gasteiger partial charge in [-0.3, -0.25) is 9.59 Å². The Morgan fingerprint density at radius 2 is 2.04 bits per heavy atom. The zero-order chi connectivity index (χ0) is 17.1. The Hall–Kier alpha value is -2.34. The fourth-order valence-electron chi connectivity index (χ4n) is 3.10. The molecule has 0 unspecified atom stereocenters. The summed E-state index contributed by atoms with van der Waals surface area (Å²) in [5.74, 6) is -0.772. The van der Waals surface area contributed by atoms with Crippen molar-refractivity contribution in [2.45, 2.75) is 31.7 Å². The summed E-state index contributed by atoms with van der Waals surface area (Å²) in [4.78, 5) is 25.7. The van der Waals surface area contributed by atoms with E-state index < -0.39 is 5.91 Å². The van der Waals surface area contributed by atoms with E-state index in [0.29, 0.717) is 10.7 Å². The van der Waals surface area contributed by atoms with Gasteiger partial charge in [0.2, 0.25) is 5.91 Å². The van der Waals surface area contributed by atoms with Gasteiger partial charge in [0, 0.05) is 17.3 Å². The van der Waals surface area contributed by atoms with Gasteiger partial charge in [-0.2, -0.15) is 5.10 Å². The van der Waals surface area contributed by atoms with E-state index in [9.17, 15) is 9.59 Å². The predicted molar refractivity (Wildman–Crippen MR) is 91.1 cm³/mol. The number of benzene rings is 1. The van der Waals surface area contributed by atoms with E-state index in [1.807, 2.05) is 12.1 Å². The number of halogens is 1. The van der Waals surface area contributed by atoms with Gasteiger partial charge in [-0.15, -0.1) is 0 Å². The van der Waals surface area contributed by atoms with E-state index in [0.717, 1.165) is 31.4 Å². The van der Waals surface area contributed by atoms with Crippen molar-refractivity contribution in [3.05, 3.63) is 47.2 Å². The zero-order valence-electron chi connectivity index (χ0n) is 13.2. The molecule has 126 valence electrons. The molecule has 1 aromatic carbocycles. The standard InChI is InChI=1S/C17H19ClN4O2/c18-12-4-3-7-14(10-12)22-9-8-15(20-22)17(24)21(11-16(19)23)13-5-1-2-6-13/h3-4,7-10,13H,1-2,5-6,11H2,(H2,19,23). The molecule has 1 aromatic heterocycles. The summed E-state index contributed by atoms with van der Waals surface area (Å²) < 4.78 is 1.59. The topological polar surface area (TPSA) is 81.2 Å². The van der Waals surface area contributed by atoms with Crippen molar-refractivity contribution < 1.29 is 9.59 Å². The summed E-state index contributed by atoms with van der Waals surface area (Å²) in [6.45, 7) is -0.0759. The van der Waals surface area contributed by atoms with Gasteiger partial charge < -0.3 is 10.6 Å². The number of amides is 2. The minimum atomic E-state index is -0.510. The highest BCUT2D eigenvalue weighted by atomic mass is 35.5. The summed E-state index contributed by atoms with van der Waals surface area (Å²) >= 11 is 5.99. The SMILES string of the molecule is NC(=O)CN(C(=O)c1ccn(-c2cccc(Cl)c2)n1)C1CCCC1. The molecule has 1 saturated carbocycles. The number of primary amides is 1. The average Bonchev–Trinajstić information content (AvgIpc) is 3.23. The van der Waals surface area contributed by atoms with Crippen molar-refractivity contribution in [1.29, 1.82) is 0 Å². The first-order valence-corrected chi connectivity index (χ1v) is 8.33. The largest absolute Gasteiger partial charge is 0.368 e. The van der Waals surface area contributed by atoms with Gasteiger partial charge >= 0.3 is 0 Å². The van der Waals surface area contributed by atoms with Crippen molar-refractivity contribution in [3.8, 4) is 5.69 Å². The Labute approximate surface area is 145 Å². The second-order valence-corrected chi connectivity index (χ2v) is 6.40. The molecular formula is C17H19ClN4O2. The highest BCUT2D eigenvalue weighted by Crippen LogP contribution is 2.24. The third kappa shape index (κ3) is 3.59. The number of hydrogen-bond donors (Lipinski definition) is 1. The number of rotatable bonds is 5. The maximum atomic E-state index is 12.8. The summed E-state index contributed by atoms with van der Waals surface area (Å²) in [5.41, 5.74) is 6.38. The lowest BCUT2D eigenvalue weighted by Gasteiger charge is -2.26. The van der Waals surface area contributed by atoms with Crippen LogP contribution in [0.4, 0.5) is 0 Å². The van der Waals surface area contributed by atoms with Gasteiger partial charge in [-0.25, -0.2) is 4.68 Å². The second kappa shape index (κ2) is 7.05. The van der Waals surface area contributed by atoms with E-state index in [2.05, 4.69) is 5.10 Å². The smallest absolute Gasteiger partial charge is 0.275 e. The first-order chi connectivity index (χ1) is 11.5. The van der Waals surface area contributed by atoms with E-state index in [-0.39, 0.29) is 18.5 Å². The molecule has 0 spiro atoms. The Balaban J connectivity index is 1.84. The molecule has 0 radical (unpaired) electrons. The summed E-state index contributed by atoms with van der Waals surface area (Å²) in [5, 5.41) is 4.93. The molecule has 6 nitrogen and oxygen atoms in total. The molecule has 1 fully saturated rings. The summed E-state index contributed by atoms with van der Waals surface area (Å²) in [6.07, 6.45) is 5.62. The quantitative estimate of drug-likeness (QED) is 0.902. The molecular weight excluding hydrogens is 328 g/mol. The van der Waals surface area contributed by atoms with Gasteiger partial charge in [-0.05, 0) is 37.1 Å². The monoisotopic (exact) mass is 346 g/mol. The van der Waals surface area contributed by atoms with Gasteiger partial charge in [0.15, 0.2) is 5.69 Å². The van der Waals surface area contributed by atoms with Crippen LogP contribution in [0.25, 0.3) is 5.69 Å². The van der Waals surface area contributed by atoms with Crippen molar-refractivity contribution in [2.24, 2.45) is 5.73 Å². The van der Waals surface area contributed by atoms with Crippen LogP contribution >= 0.6 is 11.6 Å². The van der Waals surface area contributed by atoms with Crippen LogP contribution < -0.4 is 5.73 Å². The second-order valence-electron chi connectivity index (χ2n) is 5.96. The van der Waals surface area contributed by atoms with Gasteiger partial charge in [-0.1, -0.05) is 30.5 Å². The first kappa shape index (κ1) is 16.5. The van der Waals surface area contributed by atoms with Crippen LogP contribution in [-0.4, -0.2) is 39.1 Å². The third-order valence-corrected chi connectivity index (χ3v) is 4.47. The lowest BCUT2D eigenvalue weighted by molar-refractivity contribution is -0.119. The molecule has 0 atom stereocenters. The fourth-order valence-corrected chi connectivity index (χ4v) is 3.28. The van der Waals surface area contributed by atoms with Crippen LogP contribution in [-0.2, 0) is 4.79 Å². The van der Waals surface area contributed by atoms with Crippen LogP contribution in [0, 0.1) is 0 Å². The maximum absolute atomic E-state index is 12.8. The van der Waals surface area contributed by atoms with Crippen LogP contribution in [0.15, 0.2) is 36.5 Å². The predicted octanol–water partition coefficient (Wildman–Crippen LogP) is 2.40. The number of hydrogen-bond acceptors (Lipinski definition) is 3. The molecule has 1 aliphatic carbocycles. The molecule has 7 heteroatoms. The van der Waals surface area contributed by atoms with Crippen molar-refractivity contribution in [2.75, 3.05) is 6.54 Å². The zero-order valence-corrected chi connectivity index (χ0v) is 13.9. The molecule has 24 heavy (non-hydrogen) atoms. The Morgan fingerprint density at radius 3 is 2.71 bits per heavy atom. The molecule has 1 heterocycles. The van der Waals surface area contributed by atoms with Gasteiger partial charge in [0.05, 0.1) is 12.2 Å². The maximum Gasteiger partial charge on any atom is 0.275 e. The number of carbonyl (C=O) groups excluding carboxylic acids is 2. The normalized spacial score (nSPS) is 14.7. The molecule has 0 aliphatic heterocycles. The average molecular weight is 347 g/mol. The van der Waals surface area contributed by atoms with Gasteiger partial charge in [0.1, 0.15) is 0 Å². The van der Waals surface area contributed by atoms with E-state index in [4.69, 9.17) is 17.3 Å². The van der Waals surface area contributed by atoms with Crippen LogP contribution in [0.1, 0.15) is 36.2 Å². The van der Waals surface area contributed by atoms with Crippen LogP contribution in [0.5, 0.6) is 0 Å². The summed E-state index contributed by atoms with van der Waals surface area (Å²) in [7, 11) is 0. The molecule has 3 rings (SSSR count). The van der Waals surface area contributed by atoms with Crippen LogP contribution in [0.3, 0.4) is 0 Å². The molecule has 2 N–H and O–H groups in total. The van der Waals surface area contributed by atoms with Crippen molar-refractivity contribution in [3.63, 3.8) is 0 Å². The Kier molecular flexibility index (Phi) is 4.85. The number of carbonyl (C=O) groups is 2. The number of nitrogens with two attached hydrogens (primary N) is 1. The third-order valence-electron chi connectivity index (χ3n) is 4.23. The lowest BCUT2D eigenvalue weighted by atomic mass is 10.2.